The van der Waals surface area contributed by atoms with E-state index in [1.54, 1.807) is 0 Å². The third kappa shape index (κ3) is 3.88. The van der Waals surface area contributed by atoms with Crippen molar-refractivity contribution in [1.82, 2.24) is 0 Å². The van der Waals surface area contributed by atoms with Crippen molar-refractivity contribution in [2.75, 3.05) is 7.11 Å². The van der Waals surface area contributed by atoms with Crippen molar-refractivity contribution < 1.29 is 52.1 Å². The van der Waals surface area contributed by atoms with Crippen LogP contribution in [0.2, 0.25) is 0 Å². The summed E-state index contributed by atoms with van der Waals surface area (Å²) in [6.07, 6.45) is 0. The van der Waals surface area contributed by atoms with Gasteiger partial charge < -0.3 is 9.90 Å². The van der Waals surface area contributed by atoms with Gasteiger partial charge in [0, 0.05) is 0 Å². The Balaban J connectivity index is 0. The summed E-state index contributed by atoms with van der Waals surface area (Å²) in [6, 6.07) is 0. The fraction of sp³-hybridized carbons (Fsp3) is 0.250. The molecular weight excluding hydrogens is 183 g/mol. The van der Waals surface area contributed by atoms with Gasteiger partial charge in [0.25, 0.3) is 10.1 Å². The van der Waals surface area contributed by atoms with E-state index in [9.17, 15) is 18.3 Å². The van der Waals surface area contributed by atoms with Crippen molar-refractivity contribution in [3.05, 3.63) is 11.5 Å². The minimum atomic E-state index is -4.15. The number of carboxylic acids is 1. The summed E-state index contributed by atoms with van der Waals surface area (Å²) in [5.74, 6) is -1.86. The first-order valence-electron chi connectivity index (χ1n) is 2.12. The van der Waals surface area contributed by atoms with Gasteiger partial charge in [-0.25, -0.2) is 0 Å². The van der Waals surface area contributed by atoms with Crippen LogP contribution in [0.3, 0.4) is 0 Å². The van der Waals surface area contributed by atoms with Crippen molar-refractivity contribution >= 4 is 16.1 Å². The van der Waals surface area contributed by atoms with Crippen LogP contribution in [0.4, 0.5) is 0 Å². The van der Waals surface area contributed by atoms with Crippen LogP contribution in [-0.4, -0.2) is 21.5 Å². The molecule has 0 saturated heterocycles. The summed E-state index contributed by atoms with van der Waals surface area (Å²) < 4.78 is 24.6. The SMILES string of the molecule is C=C(C(=O)[O-])S(=O)(=O)OC.[Na+]. The number of carbonyl (C=O) groups is 1. The van der Waals surface area contributed by atoms with Crippen molar-refractivity contribution in [3.63, 3.8) is 0 Å². The fourth-order valence-corrected chi connectivity index (χ4v) is 0.608. The van der Waals surface area contributed by atoms with E-state index in [4.69, 9.17) is 0 Å². The number of rotatable bonds is 3. The van der Waals surface area contributed by atoms with E-state index in [-0.39, 0.29) is 29.6 Å². The standard InChI is InChI=1S/C4H6O5S.Na/c1-3(4(5)6)10(7,8)9-2;/h1H2,2H3,(H,5,6);/q;+1/p-1. The molecule has 11 heavy (non-hydrogen) atoms. The van der Waals surface area contributed by atoms with Gasteiger partial charge in [-0.3, -0.25) is 4.18 Å². The average molecular weight is 188 g/mol. The molecule has 7 heteroatoms. The summed E-state index contributed by atoms with van der Waals surface area (Å²) >= 11 is 0. The van der Waals surface area contributed by atoms with Crippen LogP contribution in [0, 0.1) is 0 Å². The Morgan fingerprint density at radius 1 is 1.55 bits per heavy atom. The maximum Gasteiger partial charge on any atom is 1.00 e. The molecule has 0 fully saturated rings. The average Bonchev–Trinajstić information content (AvgIpc) is 1.86. The topological polar surface area (TPSA) is 83.5 Å². The van der Waals surface area contributed by atoms with Crippen LogP contribution in [0.25, 0.3) is 0 Å². The van der Waals surface area contributed by atoms with Gasteiger partial charge in [-0.1, -0.05) is 6.58 Å². The molecule has 5 nitrogen and oxygen atoms in total. The zero-order chi connectivity index (χ0) is 8.36. The maximum absolute atomic E-state index is 10.4. The number of carboxylic acid groups (broad SMARTS) is 1. The molecule has 0 unspecified atom stereocenters. The molecule has 0 N–H and O–H groups in total. The van der Waals surface area contributed by atoms with E-state index in [0.29, 0.717) is 0 Å². The fourth-order valence-electron chi connectivity index (χ4n) is 0.203. The second kappa shape index (κ2) is 4.89. The van der Waals surface area contributed by atoms with E-state index in [2.05, 4.69) is 10.8 Å². The van der Waals surface area contributed by atoms with Crippen molar-refractivity contribution in [1.29, 1.82) is 0 Å². The zero-order valence-electron chi connectivity index (χ0n) is 6.16. The van der Waals surface area contributed by atoms with Crippen molar-refractivity contribution in [2.45, 2.75) is 0 Å². The first-order chi connectivity index (χ1) is 4.41. The Morgan fingerprint density at radius 2 is 1.91 bits per heavy atom. The molecule has 0 rings (SSSR count). The third-order valence-corrected chi connectivity index (χ3v) is 1.96. The summed E-state index contributed by atoms with van der Waals surface area (Å²) in [6.45, 7) is 2.72. The van der Waals surface area contributed by atoms with Crippen LogP contribution in [-0.2, 0) is 19.1 Å². The van der Waals surface area contributed by atoms with E-state index in [0.717, 1.165) is 7.11 Å². The van der Waals surface area contributed by atoms with Crippen LogP contribution in [0.5, 0.6) is 0 Å². The molecule has 0 aliphatic heterocycles. The number of carbonyl (C=O) groups excluding carboxylic acids is 1. The molecule has 58 valence electrons. The van der Waals surface area contributed by atoms with Crippen molar-refractivity contribution in [2.24, 2.45) is 0 Å². The van der Waals surface area contributed by atoms with Gasteiger partial charge in [-0.2, -0.15) is 8.42 Å². The van der Waals surface area contributed by atoms with Gasteiger partial charge in [-0.05, 0) is 0 Å². The smallest absolute Gasteiger partial charge is 0.544 e. The van der Waals surface area contributed by atoms with E-state index < -0.39 is 21.0 Å². The van der Waals surface area contributed by atoms with Crippen LogP contribution >= 0.6 is 0 Å². The van der Waals surface area contributed by atoms with Gasteiger partial charge >= 0.3 is 29.6 Å². The Bertz CT molecular complexity index is 254. The molecule has 0 aliphatic carbocycles. The molecule has 0 aromatic heterocycles. The number of hydrogen-bond donors (Lipinski definition) is 0. The number of aliphatic carboxylic acids is 1. The predicted molar refractivity (Wildman–Crippen MR) is 30.1 cm³/mol. The Hall–Kier alpha value is 0.120. The molecule has 0 bridgehead atoms. The number of hydrogen-bond acceptors (Lipinski definition) is 5. The van der Waals surface area contributed by atoms with Crippen LogP contribution < -0.4 is 34.7 Å². The molecule has 0 atom stereocenters. The summed E-state index contributed by atoms with van der Waals surface area (Å²) in [7, 11) is -3.32. The van der Waals surface area contributed by atoms with E-state index in [1.807, 2.05) is 0 Å². The van der Waals surface area contributed by atoms with E-state index in [1.165, 1.54) is 0 Å². The normalized spacial score (nSPS) is 9.91. The quantitative estimate of drug-likeness (QED) is 0.252. The van der Waals surface area contributed by atoms with Crippen molar-refractivity contribution in [3.8, 4) is 0 Å². The first-order valence-corrected chi connectivity index (χ1v) is 3.53. The second-order valence-corrected chi connectivity index (χ2v) is 3.07. The van der Waals surface area contributed by atoms with E-state index >= 15 is 0 Å². The molecule has 0 saturated carbocycles. The molecule has 0 heterocycles. The minimum Gasteiger partial charge on any atom is -0.544 e. The second-order valence-electron chi connectivity index (χ2n) is 1.33. The molecule has 0 aromatic rings. The van der Waals surface area contributed by atoms with Gasteiger partial charge in [0.15, 0.2) is 0 Å². The van der Waals surface area contributed by atoms with Gasteiger partial charge in [0.05, 0.1) is 13.1 Å². The molecular formula is C4H5NaO5S. The van der Waals surface area contributed by atoms with Gasteiger partial charge in [-0.15, -0.1) is 0 Å². The zero-order valence-corrected chi connectivity index (χ0v) is 8.97. The molecule has 0 aliphatic rings. The predicted octanol–water partition coefficient (Wildman–Crippen LogP) is -4.77. The summed E-state index contributed by atoms with van der Waals surface area (Å²) in [5.41, 5.74) is 0. The Morgan fingerprint density at radius 3 is 2.00 bits per heavy atom. The summed E-state index contributed by atoms with van der Waals surface area (Å²) in [5, 5.41) is 9.84. The largest absolute Gasteiger partial charge is 1.00 e. The molecule has 0 aromatic carbocycles. The first kappa shape index (κ1) is 13.7. The third-order valence-electron chi connectivity index (χ3n) is 0.749. The van der Waals surface area contributed by atoms with Gasteiger partial charge in [0.1, 0.15) is 4.91 Å². The molecule has 0 spiro atoms. The molecule has 0 amide bonds. The molecule has 0 radical (unpaired) electrons. The minimum absolute atomic E-state index is 0. The van der Waals surface area contributed by atoms with Crippen LogP contribution in [0.1, 0.15) is 0 Å². The Labute approximate surface area is 86.5 Å². The van der Waals surface area contributed by atoms with Crippen LogP contribution in [0.15, 0.2) is 11.5 Å². The monoisotopic (exact) mass is 188 g/mol. The Kier molecular flexibility index (Phi) is 6.09. The maximum atomic E-state index is 10.4. The van der Waals surface area contributed by atoms with Gasteiger partial charge in [0.2, 0.25) is 0 Å². The summed E-state index contributed by atoms with van der Waals surface area (Å²) in [4.78, 5) is 8.76.